The summed E-state index contributed by atoms with van der Waals surface area (Å²) in [5.74, 6) is -0.686. The second kappa shape index (κ2) is 9.41. The number of halogens is 2. The fourth-order valence-corrected chi connectivity index (χ4v) is 4.56. The number of rotatable bonds is 9. The van der Waals surface area contributed by atoms with Gasteiger partial charge in [0.15, 0.2) is 11.5 Å². The van der Waals surface area contributed by atoms with Crippen molar-refractivity contribution in [3.63, 3.8) is 0 Å². The van der Waals surface area contributed by atoms with E-state index in [-0.39, 0.29) is 40.6 Å². The number of imidazole rings is 1. The Bertz CT molecular complexity index is 1450. The van der Waals surface area contributed by atoms with Crippen LogP contribution in [-0.4, -0.2) is 68.9 Å². The minimum atomic E-state index is -3.63. The maximum Gasteiger partial charge on any atom is 0.295 e. The van der Waals surface area contributed by atoms with Crippen molar-refractivity contribution in [1.29, 1.82) is 0 Å². The Labute approximate surface area is 212 Å². The SMILES string of the molecule is COC1CN(c2ccc(Nc3cc(NC(=O)C4CC4)nc4[nH]c(C(F)F)nc34)c(N(C)S(C)(=O)=O)c2)C1. The highest BCUT2D eigenvalue weighted by Gasteiger charge is 2.31. The number of aromatic nitrogens is 3. The lowest BCUT2D eigenvalue weighted by Gasteiger charge is -2.40. The van der Waals surface area contributed by atoms with E-state index in [2.05, 4.69) is 30.5 Å². The number of carbonyl (C=O) groups is 1. The summed E-state index contributed by atoms with van der Waals surface area (Å²) < 4.78 is 58.2. The van der Waals surface area contributed by atoms with Crippen LogP contribution in [0.2, 0.25) is 0 Å². The molecule has 2 aromatic heterocycles. The van der Waals surface area contributed by atoms with Gasteiger partial charge in [0.05, 0.1) is 29.4 Å². The highest BCUT2D eigenvalue weighted by Crippen LogP contribution is 2.38. The molecule has 1 aromatic carbocycles. The third kappa shape index (κ3) is 5.16. The molecular weight excluding hydrogens is 508 g/mol. The first kappa shape index (κ1) is 25.1. The third-order valence-corrected chi connectivity index (χ3v) is 7.70. The number of carbonyl (C=O) groups excluding carboxylic acids is 1. The number of benzene rings is 1. The van der Waals surface area contributed by atoms with E-state index in [0.717, 1.165) is 29.1 Å². The van der Waals surface area contributed by atoms with Crippen LogP contribution >= 0.6 is 0 Å². The summed E-state index contributed by atoms with van der Waals surface area (Å²) in [5, 5.41) is 5.85. The molecule has 0 atom stereocenters. The van der Waals surface area contributed by atoms with Gasteiger partial charge in [0, 0.05) is 44.9 Å². The summed E-state index contributed by atoms with van der Waals surface area (Å²) in [6, 6.07) is 6.77. The molecule has 3 N–H and O–H groups in total. The van der Waals surface area contributed by atoms with Gasteiger partial charge in [-0.05, 0) is 31.0 Å². The summed E-state index contributed by atoms with van der Waals surface area (Å²) in [6.45, 7) is 1.34. The largest absolute Gasteiger partial charge is 0.378 e. The number of nitrogens with one attached hydrogen (secondary N) is 3. The van der Waals surface area contributed by atoms with Gasteiger partial charge in [-0.3, -0.25) is 9.10 Å². The molecule has 3 aromatic rings. The Balaban J connectivity index is 1.55. The van der Waals surface area contributed by atoms with Crippen molar-refractivity contribution in [3.8, 4) is 0 Å². The van der Waals surface area contributed by atoms with E-state index < -0.39 is 22.3 Å². The molecule has 1 saturated heterocycles. The van der Waals surface area contributed by atoms with Crippen molar-refractivity contribution < 1.29 is 26.7 Å². The van der Waals surface area contributed by atoms with Crippen LogP contribution in [0.4, 0.5) is 37.3 Å². The summed E-state index contributed by atoms with van der Waals surface area (Å²) >= 11 is 0. The van der Waals surface area contributed by atoms with E-state index in [1.54, 1.807) is 19.2 Å². The third-order valence-electron chi connectivity index (χ3n) is 6.51. The average molecular weight is 536 g/mol. The molecule has 0 bridgehead atoms. The van der Waals surface area contributed by atoms with Crippen molar-refractivity contribution in [2.24, 2.45) is 5.92 Å². The lowest BCUT2D eigenvalue weighted by atomic mass is 10.1. The number of fused-ring (bicyclic) bond motifs is 1. The highest BCUT2D eigenvalue weighted by atomic mass is 32.2. The number of amides is 1. The van der Waals surface area contributed by atoms with Gasteiger partial charge in [-0.15, -0.1) is 0 Å². The first-order valence-electron chi connectivity index (χ1n) is 11.7. The molecule has 2 aliphatic rings. The first-order valence-corrected chi connectivity index (χ1v) is 13.5. The summed E-state index contributed by atoms with van der Waals surface area (Å²) in [5.41, 5.74) is 2.02. The zero-order valence-electron chi connectivity index (χ0n) is 20.5. The van der Waals surface area contributed by atoms with Crippen LogP contribution in [0.3, 0.4) is 0 Å². The molecular formula is C23H27F2N7O4S. The van der Waals surface area contributed by atoms with Gasteiger partial charge < -0.3 is 25.3 Å². The first-order chi connectivity index (χ1) is 17.5. The Morgan fingerprint density at radius 3 is 2.57 bits per heavy atom. The van der Waals surface area contributed by atoms with E-state index in [0.29, 0.717) is 24.5 Å². The number of ether oxygens (including phenoxy) is 1. The van der Waals surface area contributed by atoms with Crippen molar-refractivity contribution in [3.05, 3.63) is 30.1 Å². The lowest BCUT2D eigenvalue weighted by molar-refractivity contribution is -0.117. The zero-order valence-corrected chi connectivity index (χ0v) is 21.3. The van der Waals surface area contributed by atoms with Crippen LogP contribution in [0.5, 0.6) is 0 Å². The van der Waals surface area contributed by atoms with E-state index >= 15 is 0 Å². The number of hydrogen-bond acceptors (Lipinski definition) is 8. The summed E-state index contributed by atoms with van der Waals surface area (Å²) in [6.07, 6.45) is -0.0902. The van der Waals surface area contributed by atoms with Crippen LogP contribution in [0, 0.1) is 5.92 Å². The Hall–Kier alpha value is -3.52. The normalized spacial score (nSPS) is 16.2. The molecule has 11 nitrogen and oxygen atoms in total. The molecule has 198 valence electrons. The molecule has 1 saturated carbocycles. The number of pyridine rings is 1. The zero-order chi connectivity index (χ0) is 26.5. The molecule has 1 amide bonds. The van der Waals surface area contributed by atoms with E-state index in [1.165, 1.54) is 13.1 Å². The number of alkyl halides is 2. The predicted octanol–water partition coefficient (Wildman–Crippen LogP) is 3.22. The minimum absolute atomic E-state index is 0.0622. The van der Waals surface area contributed by atoms with Crippen LogP contribution in [0.25, 0.3) is 11.2 Å². The molecule has 14 heteroatoms. The van der Waals surface area contributed by atoms with Gasteiger partial charge in [-0.25, -0.2) is 27.2 Å². The molecule has 0 unspecified atom stereocenters. The van der Waals surface area contributed by atoms with E-state index in [1.807, 2.05) is 6.07 Å². The molecule has 37 heavy (non-hydrogen) atoms. The smallest absolute Gasteiger partial charge is 0.295 e. The van der Waals surface area contributed by atoms with Gasteiger partial charge in [0.1, 0.15) is 11.3 Å². The average Bonchev–Trinajstić information content (AvgIpc) is 3.57. The lowest BCUT2D eigenvalue weighted by Crippen LogP contribution is -2.51. The second-order valence-electron chi connectivity index (χ2n) is 9.26. The van der Waals surface area contributed by atoms with E-state index in [4.69, 9.17) is 4.74 Å². The Morgan fingerprint density at radius 1 is 1.22 bits per heavy atom. The van der Waals surface area contributed by atoms with Gasteiger partial charge in [0.25, 0.3) is 6.43 Å². The van der Waals surface area contributed by atoms with Crippen molar-refractivity contribution >= 4 is 55.7 Å². The molecule has 5 rings (SSSR count). The van der Waals surface area contributed by atoms with Crippen LogP contribution in [0.1, 0.15) is 25.1 Å². The number of anilines is 5. The Morgan fingerprint density at radius 2 is 1.95 bits per heavy atom. The maximum absolute atomic E-state index is 13.4. The molecule has 3 heterocycles. The Kier molecular flexibility index (Phi) is 6.40. The number of hydrogen-bond donors (Lipinski definition) is 3. The van der Waals surface area contributed by atoms with Crippen molar-refractivity contribution in [2.45, 2.75) is 25.4 Å². The second-order valence-corrected chi connectivity index (χ2v) is 11.3. The van der Waals surface area contributed by atoms with Crippen LogP contribution in [0.15, 0.2) is 24.3 Å². The topological polar surface area (TPSA) is 133 Å². The fraction of sp³-hybridized carbons (Fsp3) is 0.435. The standard InChI is InChI=1S/C23H27F2N7O4S/c1-31(37(3,34)35)17-8-13(32-10-14(11-32)36-2)6-7-15(17)26-16-9-18(28-23(33)12-4-5-12)27-21-19(16)29-22(30-21)20(24)25/h6-9,12,14,20H,4-5,10-11H2,1-3H3,(H3,26,27,28,29,30,33). The van der Waals surface area contributed by atoms with Gasteiger partial charge in [-0.2, -0.15) is 0 Å². The van der Waals surface area contributed by atoms with Crippen molar-refractivity contribution in [1.82, 2.24) is 15.0 Å². The van der Waals surface area contributed by atoms with Crippen molar-refractivity contribution in [2.75, 3.05) is 53.3 Å². The van der Waals surface area contributed by atoms with Crippen LogP contribution < -0.4 is 19.8 Å². The van der Waals surface area contributed by atoms with Gasteiger partial charge >= 0.3 is 0 Å². The molecule has 1 aliphatic carbocycles. The fourth-order valence-electron chi connectivity index (χ4n) is 4.05. The molecule has 1 aliphatic heterocycles. The molecule has 0 spiro atoms. The number of methoxy groups -OCH3 is 1. The quantitative estimate of drug-likeness (QED) is 0.381. The number of sulfonamides is 1. The highest BCUT2D eigenvalue weighted by molar-refractivity contribution is 7.92. The molecule has 2 fully saturated rings. The van der Waals surface area contributed by atoms with E-state index in [9.17, 15) is 22.0 Å². The molecule has 0 radical (unpaired) electrons. The predicted molar refractivity (Wildman–Crippen MR) is 136 cm³/mol. The number of H-pyrrole nitrogens is 1. The number of nitrogens with zero attached hydrogens (tertiary/aromatic N) is 4. The monoisotopic (exact) mass is 535 g/mol. The summed E-state index contributed by atoms with van der Waals surface area (Å²) in [4.78, 5) is 25.1. The summed E-state index contributed by atoms with van der Waals surface area (Å²) in [7, 11) is -0.561. The van der Waals surface area contributed by atoms with Gasteiger partial charge in [0.2, 0.25) is 15.9 Å². The van der Waals surface area contributed by atoms with Crippen LogP contribution in [-0.2, 0) is 19.6 Å². The minimum Gasteiger partial charge on any atom is -0.378 e. The maximum atomic E-state index is 13.4. The number of aromatic amines is 1. The van der Waals surface area contributed by atoms with Gasteiger partial charge in [-0.1, -0.05) is 0 Å².